The summed E-state index contributed by atoms with van der Waals surface area (Å²) in [5, 5.41) is 0. The molecule has 0 atom stereocenters. The first kappa shape index (κ1) is 32.6. The smallest absolute Gasteiger partial charge is 0.264 e. The molecular weight excluding hydrogens is 420 g/mol. The molecule has 0 aromatic heterocycles. The Kier molecular flexibility index (Phi) is 19.2. The van der Waals surface area contributed by atoms with Crippen molar-refractivity contribution < 1.29 is 70.1 Å². The van der Waals surface area contributed by atoms with Gasteiger partial charge in [-0.15, -0.1) is 12.4 Å². The van der Waals surface area contributed by atoms with Gasteiger partial charge in [0.15, 0.2) is 0 Å². The SMILES string of the molecule is Cl.O=S(=O)(O)O.O=S(=O)(O)O.O=S(=O)(O)O.O=S(=O)(O)O. The van der Waals surface area contributed by atoms with Gasteiger partial charge in [0.1, 0.15) is 0 Å². The van der Waals surface area contributed by atoms with Gasteiger partial charge in [0.2, 0.25) is 0 Å². The molecule has 0 aliphatic heterocycles. The molecule has 16 nitrogen and oxygen atoms in total. The number of rotatable bonds is 0. The minimum Gasteiger partial charge on any atom is -0.264 e. The van der Waals surface area contributed by atoms with Crippen LogP contribution in [0.4, 0.5) is 0 Å². The summed E-state index contributed by atoms with van der Waals surface area (Å²) in [4.78, 5) is 0. The van der Waals surface area contributed by atoms with Crippen LogP contribution in [0.3, 0.4) is 0 Å². The number of hydrogen-bond acceptors (Lipinski definition) is 8. The van der Waals surface area contributed by atoms with Gasteiger partial charge in [-0.3, -0.25) is 36.4 Å². The highest BCUT2D eigenvalue weighted by Gasteiger charge is 1.86. The monoisotopic (exact) mass is 428 g/mol. The lowest BCUT2D eigenvalue weighted by molar-refractivity contribution is 0.378. The Hall–Kier alpha value is -0.230. The fraction of sp³-hybridized carbons (Fsp3) is 0. The molecule has 0 bridgehead atoms. The molecule has 0 heterocycles. The van der Waals surface area contributed by atoms with Crippen molar-refractivity contribution in [3.63, 3.8) is 0 Å². The van der Waals surface area contributed by atoms with Crippen LogP contribution in [0.15, 0.2) is 0 Å². The molecule has 0 aliphatic carbocycles. The van der Waals surface area contributed by atoms with E-state index in [0.29, 0.717) is 0 Å². The zero-order valence-corrected chi connectivity index (χ0v) is 13.0. The molecule has 0 fully saturated rings. The lowest BCUT2D eigenvalue weighted by atomic mass is 15.8. The van der Waals surface area contributed by atoms with Crippen LogP contribution in [0.5, 0.6) is 0 Å². The Morgan fingerprint density at radius 1 is 0.333 bits per heavy atom. The van der Waals surface area contributed by atoms with Crippen LogP contribution >= 0.6 is 12.4 Å². The van der Waals surface area contributed by atoms with Gasteiger partial charge in [-0.25, -0.2) is 0 Å². The molecule has 0 spiro atoms. The largest absolute Gasteiger partial charge is 0.394 e. The first-order valence-corrected chi connectivity index (χ1v) is 8.38. The van der Waals surface area contributed by atoms with Crippen LogP contribution < -0.4 is 0 Å². The van der Waals surface area contributed by atoms with Crippen molar-refractivity contribution >= 4 is 54.0 Å². The van der Waals surface area contributed by atoms with Crippen molar-refractivity contribution in [2.24, 2.45) is 0 Å². The van der Waals surface area contributed by atoms with Crippen LogP contribution in [0.25, 0.3) is 0 Å². The molecule has 21 heavy (non-hydrogen) atoms. The lowest BCUT2D eigenvalue weighted by Crippen LogP contribution is -1.89. The maximum Gasteiger partial charge on any atom is 0.394 e. The van der Waals surface area contributed by atoms with E-state index >= 15 is 0 Å². The molecule has 21 heteroatoms. The Bertz CT molecular complexity index is 473. The Morgan fingerprint density at radius 3 is 0.333 bits per heavy atom. The summed E-state index contributed by atoms with van der Waals surface area (Å²) in [6, 6.07) is 0. The molecular formula is H9ClO16S4. The molecule has 0 aliphatic rings. The molecule has 0 saturated carbocycles. The summed E-state index contributed by atoms with van der Waals surface area (Å²) in [5.41, 5.74) is 0. The van der Waals surface area contributed by atoms with Gasteiger partial charge in [0.05, 0.1) is 0 Å². The van der Waals surface area contributed by atoms with Crippen molar-refractivity contribution in [3.05, 3.63) is 0 Å². The van der Waals surface area contributed by atoms with E-state index in [4.69, 9.17) is 70.1 Å². The normalized spacial score (nSPS) is 11.0. The van der Waals surface area contributed by atoms with Gasteiger partial charge in [-0.05, 0) is 0 Å². The second kappa shape index (κ2) is 12.3. The molecule has 0 saturated heterocycles. The summed E-state index contributed by atoms with van der Waals surface area (Å²) in [5.74, 6) is 0. The highest BCUT2D eigenvalue weighted by molar-refractivity contribution is 7.80. The van der Waals surface area contributed by atoms with Crippen molar-refractivity contribution in [1.82, 2.24) is 0 Å². The van der Waals surface area contributed by atoms with Crippen LogP contribution in [0.2, 0.25) is 0 Å². The average Bonchev–Trinajstić information content (AvgIpc) is 1.62. The van der Waals surface area contributed by atoms with Crippen LogP contribution in [0.1, 0.15) is 0 Å². The number of hydrogen-bond donors (Lipinski definition) is 8. The zero-order valence-electron chi connectivity index (χ0n) is 8.88. The molecule has 0 aromatic carbocycles. The summed E-state index contributed by atoms with van der Waals surface area (Å²) in [6.07, 6.45) is 0. The summed E-state index contributed by atoms with van der Waals surface area (Å²) < 4.78 is 126. The molecule has 0 rings (SSSR count). The van der Waals surface area contributed by atoms with Crippen LogP contribution in [-0.2, 0) is 41.6 Å². The van der Waals surface area contributed by atoms with Gasteiger partial charge in [-0.2, -0.15) is 33.7 Å². The van der Waals surface area contributed by atoms with Crippen molar-refractivity contribution in [3.8, 4) is 0 Å². The molecule has 8 N–H and O–H groups in total. The van der Waals surface area contributed by atoms with Gasteiger partial charge in [0, 0.05) is 0 Å². The van der Waals surface area contributed by atoms with E-state index in [0.717, 1.165) is 0 Å². The van der Waals surface area contributed by atoms with Gasteiger partial charge < -0.3 is 0 Å². The Morgan fingerprint density at radius 2 is 0.333 bits per heavy atom. The zero-order chi connectivity index (χ0) is 18.0. The third-order valence-corrected chi connectivity index (χ3v) is 0. The average molecular weight is 429 g/mol. The topological polar surface area (TPSA) is 298 Å². The van der Waals surface area contributed by atoms with E-state index in [9.17, 15) is 0 Å². The summed E-state index contributed by atoms with van der Waals surface area (Å²) in [7, 11) is -18.7. The summed E-state index contributed by atoms with van der Waals surface area (Å²) in [6.45, 7) is 0. The van der Waals surface area contributed by atoms with E-state index in [1.165, 1.54) is 0 Å². The lowest BCUT2D eigenvalue weighted by Gasteiger charge is -1.68. The molecule has 0 unspecified atom stereocenters. The van der Waals surface area contributed by atoms with E-state index in [1.54, 1.807) is 0 Å². The third-order valence-electron chi connectivity index (χ3n) is 0. The van der Waals surface area contributed by atoms with Crippen LogP contribution in [0, 0.1) is 0 Å². The first-order chi connectivity index (χ1) is 8.00. The predicted molar refractivity (Wildman–Crippen MR) is 64.0 cm³/mol. The van der Waals surface area contributed by atoms with Crippen molar-refractivity contribution in [2.75, 3.05) is 0 Å². The predicted octanol–water partition coefficient (Wildman–Crippen LogP) is -2.19. The Labute approximate surface area is 124 Å². The first-order valence-electron chi connectivity index (χ1n) is 2.79. The van der Waals surface area contributed by atoms with E-state index < -0.39 is 41.6 Å². The minimum absolute atomic E-state index is 0. The second-order valence-electron chi connectivity index (χ2n) is 1.79. The molecule has 0 radical (unpaired) electrons. The van der Waals surface area contributed by atoms with Crippen molar-refractivity contribution in [1.29, 1.82) is 0 Å². The molecule has 136 valence electrons. The fourth-order valence-electron chi connectivity index (χ4n) is 0. The quantitative estimate of drug-likeness (QED) is 0.190. The second-order valence-corrected chi connectivity index (χ2v) is 5.37. The maximum absolute atomic E-state index is 8.74. The van der Waals surface area contributed by atoms with E-state index in [-0.39, 0.29) is 12.4 Å². The van der Waals surface area contributed by atoms with Gasteiger partial charge >= 0.3 is 41.6 Å². The van der Waals surface area contributed by atoms with Gasteiger partial charge in [0.25, 0.3) is 0 Å². The minimum atomic E-state index is -4.67. The molecule has 0 aromatic rings. The van der Waals surface area contributed by atoms with Gasteiger partial charge in [-0.1, -0.05) is 0 Å². The van der Waals surface area contributed by atoms with Crippen LogP contribution in [-0.4, -0.2) is 70.1 Å². The summed E-state index contributed by atoms with van der Waals surface area (Å²) >= 11 is 0. The van der Waals surface area contributed by atoms with E-state index in [1.807, 2.05) is 0 Å². The highest BCUT2D eigenvalue weighted by Crippen LogP contribution is 1.60. The van der Waals surface area contributed by atoms with E-state index in [2.05, 4.69) is 0 Å². The molecule has 0 amide bonds. The third kappa shape index (κ3) is 118000. The number of halogens is 1. The fourth-order valence-corrected chi connectivity index (χ4v) is 0. The maximum atomic E-state index is 8.74. The standard InChI is InChI=1S/ClH.4H2O4S/c;4*1-5(2,3)4/h1H;4*(H2,1,2,3,4). The highest BCUT2D eigenvalue weighted by atomic mass is 35.5. The Balaban J connectivity index is -0.0000000533. The van der Waals surface area contributed by atoms with Crippen molar-refractivity contribution in [2.45, 2.75) is 0 Å².